The number of hydrogen-bond acceptors (Lipinski definition) is 3. The molecule has 4 nitrogen and oxygen atoms in total. The van der Waals surface area contributed by atoms with Crippen LogP contribution in [0.1, 0.15) is 19.8 Å². The summed E-state index contributed by atoms with van der Waals surface area (Å²) in [4.78, 5) is 11.9. The summed E-state index contributed by atoms with van der Waals surface area (Å²) in [6, 6.07) is 5.75. The van der Waals surface area contributed by atoms with Gasteiger partial charge in [0.2, 0.25) is 0 Å². The maximum absolute atomic E-state index is 11.9. The number of fused-ring (bicyclic) bond motifs is 1. The number of ether oxygens (including phenoxy) is 1. The lowest BCUT2D eigenvalue weighted by Gasteiger charge is -2.11. The van der Waals surface area contributed by atoms with Gasteiger partial charge in [0.1, 0.15) is 0 Å². The molecule has 1 fully saturated rings. The Hall–Kier alpha value is -0.820. The smallest absolute Gasteiger partial charge is 0.408 e. The van der Waals surface area contributed by atoms with E-state index in [0.29, 0.717) is 18.2 Å². The second-order valence-electron chi connectivity index (χ2n) is 4.74. The number of benzene rings is 1. The molecule has 0 bridgehead atoms. The molecule has 2 atom stereocenters. The van der Waals surface area contributed by atoms with Gasteiger partial charge in [-0.05, 0) is 60.6 Å². The van der Waals surface area contributed by atoms with Gasteiger partial charge >= 0.3 is 5.76 Å². The summed E-state index contributed by atoms with van der Waals surface area (Å²) < 4.78 is 13.8. The zero-order valence-corrected chi connectivity index (χ0v) is 12.2. The van der Waals surface area contributed by atoms with Crippen molar-refractivity contribution >= 4 is 33.7 Å². The summed E-state index contributed by atoms with van der Waals surface area (Å²) in [5.41, 5.74) is 1.50. The van der Waals surface area contributed by atoms with Crippen LogP contribution in [0.5, 0.6) is 0 Å². The lowest BCUT2D eigenvalue weighted by molar-refractivity contribution is 0.0453. The van der Waals surface area contributed by atoms with Crippen molar-refractivity contribution in [2.45, 2.75) is 38.5 Å². The van der Waals surface area contributed by atoms with Gasteiger partial charge in [-0.3, -0.25) is 4.57 Å². The van der Waals surface area contributed by atoms with E-state index in [9.17, 15) is 4.79 Å². The first-order chi connectivity index (χ1) is 8.63. The minimum Gasteiger partial charge on any atom is -0.408 e. The van der Waals surface area contributed by atoms with Crippen LogP contribution in [0.15, 0.2) is 27.4 Å². The molecule has 1 aromatic carbocycles. The van der Waals surface area contributed by atoms with Gasteiger partial charge in [-0.25, -0.2) is 4.79 Å². The van der Waals surface area contributed by atoms with Gasteiger partial charge in [-0.15, -0.1) is 0 Å². The van der Waals surface area contributed by atoms with Crippen LogP contribution < -0.4 is 5.76 Å². The van der Waals surface area contributed by atoms with Crippen molar-refractivity contribution < 1.29 is 9.15 Å². The molecule has 5 heteroatoms. The monoisotopic (exact) mass is 359 g/mol. The van der Waals surface area contributed by atoms with Gasteiger partial charge in [0, 0.05) is 3.57 Å². The van der Waals surface area contributed by atoms with E-state index < -0.39 is 0 Å². The number of hydrogen-bond donors (Lipinski definition) is 0. The van der Waals surface area contributed by atoms with Crippen LogP contribution in [0.2, 0.25) is 0 Å². The van der Waals surface area contributed by atoms with Crippen LogP contribution in [0.4, 0.5) is 0 Å². The van der Waals surface area contributed by atoms with Crippen molar-refractivity contribution in [3.05, 3.63) is 32.3 Å². The van der Waals surface area contributed by atoms with E-state index in [2.05, 4.69) is 29.5 Å². The van der Waals surface area contributed by atoms with Crippen LogP contribution in [0.3, 0.4) is 0 Å². The molecule has 2 aromatic rings. The zero-order chi connectivity index (χ0) is 12.7. The van der Waals surface area contributed by atoms with E-state index in [4.69, 9.17) is 9.15 Å². The lowest BCUT2D eigenvalue weighted by atomic mass is 10.2. The Labute approximate surface area is 118 Å². The van der Waals surface area contributed by atoms with Crippen molar-refractivity contribution in [3.63, 3.8) is 0 Å². The number of aromatic nitrogens is 1. The predicted molar refractivity (Wildman–Crippen MR) is 76.8 cm³/mol. The van der Waals surface area contributed by atoms with E-state index in [-0.39, 0.29) is 11.9 Å². The van der Waals surface area contributed by atoms with Crippen molar-refractivity contribution in [2.75, 3.05) is 0 Å². The minimum absolute atomic E-state index is 0.122. The highest BCUT2D eigenvalue weighted by Crippen LogP contribution is 2.22. The third-order valence-corrected chi connectivity index (χ3v) is 4.01. The Balaban J connectivity index is 1.98. The molecule has 18 heavy (non-hydrogen) atoms. The number of nitrogens with zero attached hydrogens (tertiary/aromatic N) is 1. The molecule has 2 unspecified atom stereocenters. The fraction of sp³-hybridized carbons (Fsp3) is 0.462. The van der Waals surface area contributed by atoms with E-state index in [1.54, 1.807) is 4.57 Å². The van der Waals surface area contributed by atoms with Crippen LogP contribution >= 0.6 is 22.6 Å². The molecule has 1 saturated heterocycles. The van der Waals surface area contributed by atoms with Crippen molar-refractivity contribution in [1.82, 2.24) is 4.57 Å². The largest absolute Gasteiger partial charge is 0.420 e. The summed E-state index contributed by atoms with van der Waals surface area (Å²) in [6.07, 6.45) is 2.48. The highest BCUT2D eigenvalue weighted by molar-refractivity contribution is 14.1. The van der Waals surface area contributed by atoms with Crippen molar-refractivity contribution in [2.24, 2.45) is 0 Å². The third-order valence-electron chi connectivity index (χ3n) is 3.34. The van der Waals surface area contributed by atoms with E-state index in [0.717, 1.165) is 21.9 Å². The Morgan fingerprint density at radius 1 is 1.44 bits per heavy atom. The molecule has 3 rings (SSSR count). The Morgan fingerprint density at radius 2 is 2.28 bits per heavy atom. The summed E-state index contributed by atoms with van der Waals surface area (Å²) >= 11 is 2.23. The molecular formula is C13H14INO3. The topological polar surface area (TPSA) is 44.4 Å². The molecule has 0 radical (unpaired) electrons. The Kier molecular flexibility index (Phi) is 3.19. The Bertz CT molecular complexity index is 631. The number of rotatable bonds is 2. The molecular weight excluding hydrogens is 345 g/mol. The molecule has 1 aliphatic heterocycles. The first-order valence-corrected chi connectivity index (χ1v) is 7.16. The fourth-order valence-electron chi connectivity index (χ4n) is 2.43. The van der Waals surface area contributed by atoms with Gasteiger partial charge in [-0.2, -0.15) is 0 Å². The molecule has 2 heterocycles. The molecule has 0 saturated carbocycles. The average molecular weight is 359 g/mol. The molecule has 96 valence electrons. The van der Waals surface area contributed by atoms with Crippen LogP contribution in [-0.4, -0.2) is 16.8 Å². The predicted octanol–water partition coefficient (Wildman–Crippen LogP) is 2.77. The summed E-state index contributed by atoms with van der Waals surface area (Å²) in [6.45, 7) is 2.65. The maximum Gasteiger partial charge on any atom is 0.420 e. The van der Waals surface area contributed by atoms with Gasteiger partial charge < -0.3 is 9.15 Å². The molecule has 1 aliphatic rings. The summed E-state index contributed by atoms with van der Waals surface area (Å²) in [7, 11) is 0. The second kappa shape index (κ2) is 4.70. The van der Waals surface area contributed by atoms with Crippen LogP contribution in [0, 0.1) is 3.57 Å². The molecule has 1 aromatic heterocycles. The molecule has 0 aliphatic carbocycles. The summed E-state index contributed by atoms with van der Waals surface area (Å²) in [5.74, 6) is -0.296. The van der Waals surface area contributed by atoms with Crippen molar-refractivity contribution in [3.8, 4) is 0 Å². The first-order valence-electron chi connectivity index (χ1n) is 6.08. The lowest BCUT2D eigenvalue weighted by Crippen LogP contribution is -2.23. The minimum atomic E-state index is -0.296. The van der Waals surface area contributed by atoms with Gasteiger partial charge in [0.25, 0.3) is 0 Å². The highest BCUT2D eigenvalue weighted by atomic mass is 127. The van der Waals surface area contributed by atoms with E-state index in [1.165, 1.54) is 0 Å². The standard InChI is InChI=1S/C13H14INO3/c1-8-2-4-10(17-8)7-15-11-6-9(14)3-5-12(11)18-13(15)16/h3,5-6,8,10H,2,4,7H2,1H3. The van der Waals surface area contributed by atoms with Gasteiger partial charge in [0.15, 0.2) is 5.58 Å². The van der Waals surface area contributed by atoms with E-state index in [1.807, 2.05) is 18.2 Å². The highest BCUT2D eigenvalue weighted by Gasteiger charge is 2.23. The maximum atomic E-state index is 11.9. The fourth-order valence-corrected chi connectivity index (χ4v) is 2.91. The summed E-state index contributed by atoms with van der Waals surface area (Å²) in [5, 5.41) is 0. The van der Waals surface area contributed by atoms with Gasteiger partial charge in [-0.1, -0.05) is 0 Å². The SMILES string of the molecule is CC1CCC(Cn2c(=O)oc3ccc(I)cc32)O1. The quantitative estimate of drug-likeness (QED) is 0.775. The van der Waals surface area contributed by atoms with Crippen LogP contribution in [0.25, 0.3) is 11.1 Å². The molecule has 0 N–H and O–H groups in total. The third kappa shape index (κ3) is 2.21. The first kappa shape index (κ1) is 12.2. The zero-order valence-electron chi connectivity index (χ0n) is 10.1. The van der Waals surface area contributed by atoms with Crippen LogP contribution in [-0.2, 0) is 11.3 Å². The normalized spacial score (nSPS) is 23.9. The van der Waals surface area contributed by atoms with E-state index >= 15 is 0 Å². The average Bonchev–Trinajstić information content (AvgIpc) is 2.86. The number of oxazole rings is 1. The second-order valence-corrected chi connectivity index (χ2v) is 5.98. The van der Waals surface area contributed by atoms with Gasteiger partial charge in [0.05, 0.1) is 24.3 Å². The Morgan fingerprint density at radius 3 is 3.00 bits per heavy atom. The molecule has 0 spiro atoms. The molecule has 0 amide bonds. The number of halogens is 1. The van der Waals surface area contributed by atoms with Crippen molar-refractivity contribution in [1.29, 1.82) is 0 Å².